The van der Waals surface area contributed by atoms with Gasteiger partial charge in [-0.25, -0.2) is 9.18 Å². The molecule has 0 fully saturated rings. The number of carbonyl (C=O) groups is 2. The lowest BCUT2D eigenvalue weighted by Gasteiger charge is -2.21. The Morgan fingerprint density at radius 2 is 1.60 bits per heavy atom. The summed E-state index contributed by atoms with van der Waals surface area (Å²) >= 11 is 2.15. The SMILES string of the molecule is CC/C(C)=C(/N/C(=C(\C)C(=O)Nc1ccc(C)c(C(=O)O)c1)c1ccc(F)cc1)C(F)(F)F.CI. The van der Waals surface area contributed by atoms with Gasteiger partial charge in [0, 0.05) is 11.3 Å². The Labute approximate surface area is 215 Å². The summed E-state index contributed by atoms with van der Waals surface area (Å²) in [4.78, 5) is 26.2. The topological polar surface area (TPSA) is 78.4 Å². The number of anilines is 1. The molecule has 2 aromatic rings. The summed E-state index contributed by atoms with van der Waals surface area (Å²) in [6.45, 7) is 5.81. The van der Waals surface area contributed by atoms with Crippen LogP contribution in [-0.4, -0.2) is 28.1 Å². The van der Waals surface area contributed by atoms with Crippen LogP contribution in [-0.2, 0) is 4.79 Å². The largest absolute Gasteiger partial charge is 0.478 e. The van der Waals surface area contributed by atoms with Crippen molar-refractivity contribution in [3.05, 3.63) is 81.8 Å². The van der Waals surface area contributed by atoms with Gasteiger partial charge in [0.25, 0.3) is 5.91 Å². The number of allylic oxidation sites excluding steroid dienone is 2. The average molecular weight is 606 g/mol. The summed E-state index contributed by atoms with van der Waals surface area (Å²) in [5, 5.41) is 14.1. The molecule has 0 bridgehead atoms. The van der Waals surface area contributed by atoms with Crippen LogP contribution in [0.1, 0.15) is 48.7 Å². The molecule has 190 valence electrons. The molecule has 0 saturated carbocycles. The molecule has 0 saturated heterocycles. The number of carboxylic acid groups (broad SMARTS) is 1. The second kappa shape index (κ2) is 13.3. The van der Waals surface area contributed by atoms with Gasteiger partial charge >= 0.3 is 12.1 Å². The van der Waals surface area contributed by atoms with Crippen LogP contribution >= 0.6 is 22.6 Å². The maximum atomic E-state index is 13.7. The molecule has 0 aliphatic heterocycles. The zero-order valence-electron chi connectivity index (χ0n) is 19.9. The number of nitrogens with one attached hydrogen (secondary N) is 2. The normalized spacial score (nSPS) is 12.5. The fraction of sp³-hybridized carbons (Fsp3) is 0.280. The van der Waals surface area contributed by atoms with E-state index in [1.165, 1.54) is 44.2 Å². The van der Waals surface area contributed by atoms with E-state index in [2.05, 4.69) is 33.2 Å². The first-order valence-electron chi connectivity index (χ1n) is 10.4. The number of rotatable bonds is 7. The number of hydrogen-bond donors (Lipinski definition) is 3. The predicted molar refractivity (Wildman–Crippen MR) is 138 cm³/mol. The number of aryl methyl sites for hydroxylation is 1. The van der Waals surface area contributed by atoms with E-state index >= 15 is 0 Å². The molecule has 0 atom stereocenters. The molecular weight excluding hydrogens is 579 g/mol. The summed E-state index contributed by atoms with van der Waals surface area (Å²) in [5.74, 6) is -2.52. The van der Waals surface area contributed by atoms with Gasteiger partial charge in [-0.1, -0.05) is 35.6 Å². The zero-order valence-corrected chi connectivity index (χ0v) is 22.1. The molecule has 0 spiro atoms. The molecule has 0 aliphatic carbocycles. The fourth-order valence-electron chi connectivity index (χ4n) is 2.99. The minimum atomic E-state index is -4.71. The summed E-state index contributed by atoms with van der Waals surface area (Å²) in [6, 6.07) is 8.93. The monoisotopic (exact) mass is 606 g/mol. The predicted octanol–water partition coefficient (Wildman–Crippen LogP) is 7.09. The van der Waals surface area contributed by atoms with Crippen LogP contribution in [0.25, 0.3) is 5.70 Å². The van der Waals surface area contributed by atoms with E-state index in [0.29, 0.717) is 5.56 Å². The third kappa shape index (κ3) is 8.37. The first-order chi connectivity index (χ1) is 16.3. The first kappa shape index (κ1) is 30.1. The Morgan fingerprint density at radius 3 is 2.09 bits per heavy atom. The maximum absolute atomic E-state index is 13.7. The quantitative estimate of drug-likeness (QED) is 0.136. The number of amides is 1. The highest BCUT2D eigenvalue weighted by molar-refractivity contribution is 14.1. The molecule has 2 rings (SSSR count). The Hall–Kier alpha value is -2.89. The molecule has 35 heavy (non-hydrogen) atoms. The molecule has 1 amide bonds. The second-order valence-corrected chi connectivity index (χ2v) is 7.43. The zero-order chi connectivity index (χ0) is 26.9. The number of carbonyl (C=O) groups excluding carboxylic acids is 1. The molecule has 0 heterocycles. The molecular formula is C25H27F4IN2O3. The van der Waals surface area contributed by atoms with Crippen LogP contribution < -0.4 is 10.6 Å². The molecule has 10 heteroatoms. The van der Waals surface area contributed by atoms with Gasteiger partial charge in [0.05, 0.1) is 11.3 Å². The molecule has 2 aromatic carbocycles. The Morgan fingerprint density at radius 1 is 1.03 bits per heavy atom. The van der Waals surface area contributed by atoms with Crippen molar-refractivity contribution >= 4 is 45.9 Å². The van der Waals surface area contributed by atoms with E-state index in [1.807, 2.05) is 4.93 Å². The van der Waals surface area contributed by atoms with Gasteiger partial charge in [0.15, 0.2) is 0 Å². The van der Waals surface area contributed by atoms with Crippen molar-refractivity contribution in [3.8, 4) is 0 Å². The van der Waals surface area contributed by atoms with E-state index in [4.69, 9.17) is 0 Å². The highest BCUT2D eigenvalue weighted by Crippen LogP contribution is 2.31. The third-order valence-corrected chi connectivity index (χ3v) is 5.06. The van der Waals surface area contributed by atoms with E-state index in [9.17, 15) is 32.3 Å². The standard InChI is InChI=1S/C24H24F4N2O3.CH3I/c1-5-13(2)21(24(26,27)28)30-20(16-7-9-17(25)10-8-16)15(4)22(31)29-18-11-6-14(3)19(12-18)23(32)33;1-2/h6-12,30H,5H2,1-4H3,(H,29,31)(H,32,33);1H3/b20-15+,21-13+;. The first-order valence-corrected chi connectivity index (χ1v) is 12.5. The maximum Gasteiger partial charge on any atom is 0.431 e. The van der Waals surface area contributed by atoms with Gasteiger partial charge in [0.1, 0.15) is 11.5 Å². The van der Waals surface area contributed by atoms with E-state index < -0.39 is 29.6 Å². The molecule has 0 aliphatic rings. The number of aromatic carboxylic acids is 1. The van der Waals surface area contributed by atoms with E-state index in [0.717, 1.165) is 12.1 Å². The summed E-state index contributed by atoms with van der Waals surface area (Å²) < 4.78 is 54.5. The molecule has 0 radical (unpaired) electrons. The van der Waals surface area contributed by atoms with Gasteiger partial charge in [-0.15, -0.1) is 0 Å². The van der Waals surface area contributed by atoms with Crippen LogP contribution in [0.4, 0.5) is 23.2 Å². The van der Waals surface area contributed by atoms with E-state index in [1.54, 1.807) is 13.8 Å². The van der Waals surface area contributed by atoms with Crippen LogP contribution in [0.2, 0.25) is 0 Å². The van der Waals surface area contributed by atoms with Crippen molar-refractivity contribution < 1.29 is 32.3 Å². The lowest BCUT2D eigenvalue weighted by atomic mass is 10.0. The second-order valence-electron chi connectivity index (χ2n) is 7.43. The van der Waals surface area contributed by atoms with Crippen LogP contribution in [0.3, 0.4) is 0 Å². The van der Waals surface area contributed by atoms with Crippen molar-refractivity contribution in [2.75, 3.05) is 10.2 Å². The lowest BCUT2D eigenvalue weighted by Crippen LogP contribution is -2.29. The van der Waals surface area contributed by atoms with Crippen molar-refractivity contribution in [2.45, 2.75) is 40.3 Å². The summed E-state index contributed by atoms with van der Waals surface area (Å²) in [6.07, 6.45) is -4.60. The average Bonchev–Trinajstić information content (AvgIpc) is 2.81. The van der Waals surface area contributed by atoms with Crippen molar-refractivity contribution in [1.82, 2.24) is 5.32 Å². The number of hydrogen-bond acceptors (Lipinski definition) is 3. The number of carboxylic acids is 1. The van der Waals surface area contributed by atoms with Gasteiger partial charge in [-0.05, 0) is 85.2 Å². The third-order valence-electron chi connectivity index (χ3n) is 5.06. The number of halogens is 5. The minimum absolute atomic E-state index is 0.0211. The van der Waals surface area contributed by atoms with Crippen molar-refractivity contribution in [3.63, 3.8) is 0 Å². The molecule has 3 N–H and O–H groups in total. The fourth-order valence-corrected chi connectivity index (χ4v) is 2.99. The Bertz CT molecular complexity index is 1120. The van der Waals surface area contributed by atoms with Gasteiger partial charge in [0.2, 0.25) is 0 Å². The van der Waals surface area contributed by atoms with Crippen molar-refractivity contribution in [1.29, 1.82) is 0 Å². The van der Waals surface area contributed by atoms with Crippen molar-refractivity contribution in [2.24, 2.45) is 0 Å². The lowest BCUT2D eigenvalue weighted by molar-refractivity contribution is -0.112. The summed E-state index contributed by atoms with van der Waals surface area (Å²) in [5.41, 5.74) is -0.451. The van der Waals surface area contributed by atoms with Gasteiger partial charge < -0.3 is 15.7 Å². The number of benzene rings is 2. The Balaban J connectivity index is 0.00000298. The van der Waals surface area contributed by atoms with Gasteiger partial charge in [-0.3, -0.25) is 4.79 Å². The smallest absolute Gasteiger partial charge is 0.431 e. The number of alkyl halides is 4. The minimum Gasteiger partial charge on any atom is -0.478 e. The van der Waals surface area contributed by atoms with Crippen LogP contribution in [0.5, 0.6) is 0 Å². The van der Waals surface area contributed by atoms with E-state index in [-0.39, 0.29) is 40.1 Å². The summed E-state index contributed by atoms with van der Waals surface area (Å²) in [7, 11) is 0. The highest BCUT2D eigenvalue weighted by atomic mass is 127. The van der Waals surface area contributed by atoms with Gasteiger partial charge in [-0.2, -0.15) is 13.2 Å². The van der Waals surface area contributed by atoms with Crippen LogP contribution in [0, 0.1) is 12.7 Å². The molecule has 0 unspecified atom stereocenters. The highest BCUT2D eigenvalue weighted by Gasteiger charge is 2.36. The molecule has 0 aromatic heterocycles. The Kier molecular flexibility index (Phi) is 11.4. The molecule has 5 nitrogen and oxygen atoms in total. The van der Waals surface area contributed by atoms with Crippen LogP contribution in [0.15, 0.2) is 59.3 Å².